The van der Waals surface area contributed by atoms with Crippen molar-refractivity contribution in [3.05, 3.63) is 33.9 Å². The first-order valence-corrected chi connectivity index (χ1v) is 8.86. The molecule has 1 heterocycles. The highest BCUT2D eigenvalue weighted by molar-refractivity contribution is 7.89. The highest BCUT2D eigenvalue weighted by Gasteiger charge is 2.22. The van der Waals surface area contributed by atoms with Gasteiger partial charge < -0.3 is 4.74 Å². The number of nitro groups is 1. The molecule has 0 aromatic heterocycles. The fourth-order valence-electron chi connectivity index (χ4n) is 2.41. The minimum Gasteiger partial charge on any atom is -0.379 e. The maximum atomic E-state index is 12.3. The number of morpholine rings is 1. The van der Waals surface area contributed by atoms with Crippen LogP contribution in [0.25, 0.3) is 0 Å². The summed E-state index contributed by atoms with van der Waals surface area (Å²) in [4.78, 5) is 12.4. The highest BCUT2D eigenvalue weighted by Crippen LogP contribution is 2.22. The molecule has 1 aliphatic rings. The Hall–Kier alpha value is -1.55. The van der Waals surface area contributed by atoms with E-state index in [-0.39, 0.29) is 23.2 Å². The third-order valence-corrected chi connectivity index (χ3v) is 5.35. The summed E-state index contributed by atoms with van der Waals surface area (Å²) < 4.78 is 32.4. The molecule has 1 aliphatic heterocycles. The van der Waals surface area contributed by atoms with Gasteiger partial charge in [0.1, 0.15) is 0 Å². The minimum atomic E-state index is -3.78. The van der Waals surface area contributed by atoms with Crippen molar-refractivity contribution in [3.63, 3.8) is 0 Å². The lowest BCUT2D eigenvalue weighted by atomic mass is 10.2. The van der Waals surface area contributed by atoms with Gasteiger partial charge in [-0.05, 0) is 19.9 Å². The third-order valence-electron chi connectivity index (χ3n) is 3.93. The standard InChI is InChI=1S/C14H21N3O5S/c1-11-3-4-13(9-14(11)17(18)19)23(20,21)15-10-12(2)16-5-7-22-8-6-16/h3-4,9,12,15H,5-8,10H2,1-2H3. The van der Waals surface area contributed by atoms with Crippen molar-refractivity contribution >= 4 is 15.7 Å². The summed E-state index contributed by atoms with van der Waals surface area (Å²) >= 11 is 0. The van der Waals surface area contributed by atoms with Crippen molar-refractivity contribution < 1.29 is 18.1 Å². The van der Waals surface area contributed by atoms with Crippen LogP contribution in [0.15, 0.2) is 23.1 Å². The lowest BCUT2D eigenvalue weighted by Crippen LogP contribution is -2.47. The maximum absolute atomic E-state index is 12.3. The molecular formula is C14H21N3O5S. The number of nitro benzene ring substituents is 1. The predicted octanol–water partition coefficient (Wildman–Crippen LogP) is 0.902. The van der Waals surface area contributed by atoms with Gasteiger partial charge in [0, 0.05) is 37.3 Å². The van der Waals surface area contributed by atoms with Crippen molar-refractivity contribution in [2.24, 2.45) is 0 Å². The molecule has 1 fully saturated rings. The van der Waals surface area contributed by atoms with Crippen LogP contribution in [0.5, 0.6) is 0 Å². The Balaban J connectivity index is 2.06. The molecule has 0 bridgehead atoms. The van der Waals surface area contributed by atoms with Gasteiger partial charge in [0.15, 0.2) is 0 Å². The Labute approximate surface area is 135 Å². The van der Waals surface area contributed by atoms with Crippen molar-refractivity contribution in [2.75, 3.05) is 32.8 Å². The van der Waals surface area contributed by atoms with Crippen LogP contribution >= 0.6 is 0 Å². The molecule has 0 amide bonds. The Bertz CT molecular complexity index is 671. The van der Waals surface area contributed by atoms with Crippen molar-refractivity contribution in [1.82, 2.24) is 9.62 Å². The summed E-state index contributed by atoms with van der Waals surface area (Å²) in [6, 6.07) is 3.94. The van der Waals surface area contributed by atoms with Gasteiger partial charge in [-0.3, -0.25) is 15.0 Å². The average molecular weight is 343 g/mol. The van der Waals surface area contributed by atoms with Crippen LogP contribution in [0.2, 0.25) is 0 Å². The molecule has 1 saturated heterocycles. The van der Waals surface area contributed by atoms with Crippen LogP contribution in [0.1, 0.15) is 12.5 Å². The van der Waals surface area contributed by atoms with Crippen molar-refractivity contribution in [3.8, 4) is 0 Å². The second kappa shape index (κ2) is 7.35. The van der Waals surface area contributed by atoms with Gasteiger partial charge in [0.05, 0.1) is 23.0 Å². The number of nitrogens with one attached hydrogen (secondary N) is 1. The van der Waals surface area contributed by atoms with E-state index in [1.165, 1.54) is 12.1 Å². The molecule has 1 N–H and O–H groups in total. The van der Waals surface area contributed by atoms with Gasteiger partial charge in [0.25, 0.3) is 5.69 Å². The third kappa shape index (κ3) is 4.47. The van der Waals surface area contributed by atoms with E-state index in [0.29, 0.717) is 18.8 Å². The number of ether oxygens (including phenoxy) is 1. The van der Waals surface area contributed by atoms with E-state index in [9.17, 15) is 18.5 Å². The molecule has 23 heavy (non-hydrogen) atoms. The lowest BCUT2D eigenvalue weighted by molar-refractivity contribution is -0.385. The van der Waals surface area contributed by atoms with E-state index < -0.39 is 14.9 Å². The molecule has 1 aromatic carbocycles. The predicted molar refractivity (Wildman–Crippen MR) is 84.9 cm³/mol. The summed E-state index contributed by atoms with van der Waals surface area (Å²) in [6.07, 6.45) is 0. The number of rotatable bonds is 6. The van der Waals surface area contributed by atoms with E-state index in [0.717, 1.165) is 19.2 Å². The number of hydrogen-bond acceptors (Lipinski definition) is 6. The monoisotopic (exact) mass is 343 g/mol. The van der Waals surface area contributed by atoms with Crippen LogP contribution in [-0.4, -0.2) is 57.1 Å². The minimum absolute atomic E-state index is 0.0223. The summed E-state index contributed by atoms with van der Waals surface area (Å²) in [5.41, 5.74) is 0.227. The Kier molecular flexibility index (Phi) is 5.69. The van der Waals surface area contributed by atoms with Crippen molar-refractivity contribution in [2.45, 2.75) is 24.8 Å². The van der Waals surface area contributed by atoms with Gasteiger partial charge in [-0.25, -0.2) is 13.1 Å². The molecule has 128 valence electrons. The summed E-state index contributed by atoms with van der Waals surface area (Å²) in [5.74, 6) is 0. The van der Waals surface area contributed by atoms with E-state index in [2.05, 4.69) is 9.62 Å². The summed E-state index contributed by atoms with van der Waals surface area (Å²) in [6.45, 7) is 6.55. The van der Waals surface area contributed by atoms with Crippen LogP contribution in [0.3, 0.4) is 0 Å². The maximum Gasteiger partial charge on any atom is 0.273 e. The van der Waals surface area contributed by atoms with Crippen LogP contribution in [0.4, 0.5) is 5.69 Å². The van der Waals surface area contributed by atoms with Gasteiger partial charge >= 0.3 is 0 Å². The Morgan fingerprint density at radius 1 is 1.39 bits per heavy atom. The average Bonchev–Trinajstić information content (AvgIpc) is 2.53. The lowest BCUT2D eigenvalue weighted by Gasteiger charge is -2.32. The van der Waals surface area contributed by atoms with Crippen LogP contribution < -0.4 is 4.72 Å². The van der Waals surface area contributed by atoms with Crippen LogP contribution in [-0.2, 0) is 14.8 Å². The first-order valence-electron chi connectivity index (χ1n) is 7.38. The number of hydrogen-bond donors (Lipinski definition) is 1. The summed E-state index contributed by atoms with van der Waals surface area (Å²) in [5, 5.41) is 10.9. The molecule has 1 aromatic rings. The molecule has 0 spiro atoms. The number of sulfonamides is 1. The van der Waals surface area contributed by atoms with Crippen LogP contribution in [0, 0.1) is 17.0 Å². The van der Waals surface area contributed by atoms with Gasteiger partial charge in [-0.1, -0.05) is 6.07 Å². The zero-order chi connectivity index (χ0) is 17.0. The first kappa shape index (κ1) is 17.8. The molecule has 0 saturated carbocycles. The fourth-order valence-corrected chi connectivity index (χ4v) is 3.56. The first-order chi connectivity index (χ1) is 10.8. The van der Waals surface area contributed by atoms with Gasteiger partial charge in [-0.15, -0.1) is 0 Å². The van der Waals surface area contributed by atoms with Crippen molar-refractivity contribution in [1.29, 1.82) is 0 Å². The van der Waals surface area contributed by atoms with Gasteiger partial charge in [-0.2, -0.15) is 0 Å². The SMILES string of the molecule is Cc1ccc(S(=O)(=O)NCC(C)N2CCOCC2)cc1[N+](=O)[O-]. The number of nitrogens with zero attached hydrogens (tertiary/aromatic N) is 2. The molecule has 0 aliphatic carbocycles. The number of aryl methyl sites for hydroxylation is 1. The molecule has 1 atom stereocenters. The molecule has 1 unspecified atom stereocenters. The molecule has 2 rings (SSSR count). The van der Waals surface area contributed by atoms with Gasteiger partial charge in [0.2, 0.25) is 10.0 Å². The Morgan fingerprint density at radius 3 is 2.65 bits per heavy atom. The second-order valence-electron chi connectivity index (χ2n) is 5.55. The zero-order valence-electron chi connectivity index (χ0n) is 13.2. The number of benzene rings is 1. The van der Waals surface area contributed by atoms with E-state index in [1.807, 2.05) is 6.92 Å². The Morgan fingerprint density at radius 2 is 2.04 bits per heavy atom. The fraction of sp³-hybridized carbons (Fsp3) is 0.571. The molecular weight excluding hydrogens is 322 g/mol. The molecule has 9 heteroatoms. The molecule has 8 nitrogen and oxygen atoms in total. The normalized spacial score (nSPS) is 17.8. The quantitative estimate of drug-likeness (QED) is 0.608. The summed E-state index contributed by atoms with van der Waals surface area (Å²) in [7, 11) is -3.78. The highest BCUT2D eigenvalue weighted by atomic mass is 32.2. The largest absolute Gasteiger partial charge is 0.379 e. The topological polar surface area (TPSA) is 102 Å². The second-order valence-corrected chi connectivity index (χ2v) is 7.32. The zero-order valence-corrected chi connectivity index (χ0v) is 14.0. The molecule has 0 radical (unpaired) electrons. The van der Waals surface area contributed by atoms with E-state index in [4.69, 9.17) is 4.74 Å². The smallest absolute Gasteiger partial charge is 0.273 e. The van der Waals surface area contributed by atoms with E-state index in [1.54, 1.807) is 6.92 Å². The van der Waals surface area contributed by atoms with E-state index >= 15 is 0 Å².